The standard InChI is InChI=1S/C18H23FN4O2/c1-14-20-21-17(25-14)23-8-2-7-18(13-23)12-22(9-10-24-18)11-15-3-5-16(19)6-4-15/h3-6H,2,7-13H2,1H3/t18-/m0/s1. The molecule has 0 aliphatic carbocycles. The molecule has 6 nitrogen and oxygen atoms in total. The maximum atomic E-state index is 13.1. The molecule has 1 spiro atoms. The van der Waals surface area contributed by atoms with Crippen molar-refractivity contribution in [2.45, 2.75) is 31.9 Å². The molecule has 2 aliphatic heterocycles. The molecule has 0 amide bonds. The van der Waals surface area contributed by atoms with Gasteiger partial charge in [0.2, 0.25) is 5.89 Å². The van der Waals surface area contributed by atoms with Gasteiger partial charge in [-0.15, -0.1) is 5.10 Å². The number of aromatic nitrogens is 2. The van der Waals surface area contributed by atoms with Gasteiger partial charge in [0.1, 0.15) is 5.82 Å². The molecule has 2 aromatic rings. The number of morpholine rings is 1. The summed E-state index contributed by atoms with van der Waals surface area (Å²) in [6.07, 6.45) is 2.06. The Morgan fingerprint density at radius 3 is 2.76 bits per heavy atom. The summed E-state index contributed by atoms with van der Waals surface area (Å²) in [7, 11) is 0. The summed E-state index contributed by atoms with van der Waals surface area (Å²) in [5, 5.41) is 8.08. The Kier molecular flexibility index (Phi) is 4.43. The Bertz CT molecular complexity index is 716. The fraction of sp³-hybridized carbons (Fsp3) is 0.556. The maximum Gasteiger partial charge on any atom is 0.318 e. The van der Waals surface area contributed by atoms with Gasteiger partial charge in [0, 0.05) is 33.1 Å². The van der Waals surface area contributed by atoms with Crippen LogP contribution in [0.15, 0.2) is 28.7 Å². The second-order valence-corrected chi connectivity index (χ2v) is 7.00. The van der Waals surface area contributed by atoms with Crippen molar-refractivity contribution in [2.75, 3.05) is 37.7 Å². The van der Waals surface area contributed by atoms with Crippen molar-refractivity contribution < 1.29 is 13.5 Å². The van der Waals surface area contributed by atoms with E-state index in [2.05, 4.69) is 20.0 Å². The molecule has 0 radical (unpaired) electrons. The van der Waals surface area contributed by atoms with E-state index >= 15 is 0 Å². The third-order valence-corrected chi connectivity index (χ3v) is 4.97. The Morgan fingerprint density at radius 2 is 2.00 bits per heavy atom. The predicted octanol–water partition coefficient (Wildman–Crippen LogP) is 2.39. The van der Waals surface area contributed by atoms with Crippen LogP contribution >= 0.6 is 0 Å². The van der Waals surface area contributed by atoms with Crippen LogP contribution in [0.5, 0.6) is 0 Å². The summed E-state index contributed by atoms with van der Waals surface area (Å²) in [4.78, 5) is 4.52. The summed E-state index contributed by atoms with van der Waals surface area (Å²) >= 11 is 0. The fourth-order valence-electron chi connectivity index (χ4n) is 3.83. The van der Waals surface area contributed by atoms with Crippen molar-refractivity contribution in [3.05, 3.63) is 41.5 Å². The zero-order chi connectivity index (χ0) is 17.3. The topological polar surface area (TPSA) is 54.6 Å². The van der Waals surface area contributed by atoms with E-state index in [1.807, 2.05) is 12.1 Å². The maximum absolute atomic E-state index is 13.1. The van der Waals surface area contributed by atoms with Crippen LogP contribution in [0.1, 0.15) is 24.3 Å². The van der Waals surface area contributed by atoms with Crippen LogP contribution in [0.2, 0.25) is 0 Å². The Balaban J connectivity index is 1.44. The average Bonchev–Trinajstić information content (AvgIpc) is 3.04. The highest BCUT2D eigenvalue weighted by atomic mass is 19.1. The van der Waals surface area contributed by atoms with E-state index in [4.69, 9.17) is 9.15 Å². The minimum absolute atomic E-state index is 0.194. The molecule has 0 saturated carbocycles. The number of hydrogen-bond acceptors (Lipinski definition) is 6. The highest BCUT2D eigenvalue weighted by molar-refractivity contribution is 5.27. The number of anilines is 1. The summed E-state index contributed by atoms with van der Waals surface area (Å²) in [6, 6.07) is 7.32. The van der Waals surface area contributed by atoms with E-state index in [1.165, 1.54) is 12.1 Å². The Labute approximate surface area is 146 Å². The first kappa shape index (κ1) is 16.5. The first-order valence-corrected chi connectivity index (χ1v) is 8.78. The quantitative estimate of drug-likeness (QED) is 0.851. The van der Waals surface area contributed by atoms with Crippen molar-refractivity contribution in [1.82, 2.24) is 15.1 Å². The molecule has 134 valence electrons. The lowest BCUT2D eigenvalue weighted by Gasteiger charge is -2.47. The average molecular weight is 346 g/mol. The van der Waals surface area contributed by atoms with Gasteiger partial charge >= 0.3 is 6.01 Å². The molecule has 3 heterocycles. The number of nitrogens with zero attached hydrogens (tertiary/aromatic N) is 4. The van der Waals surface area contributed by atoms with Crippen LogP contribution in [0, 0.1) is 12.7 Å². The van der Waals surface area contributed by atoms with Crippen LogP contribution in [-0.4, -0.2) is 53.5 Å². The van der Waals surface area contributed by atoms with Gasteiger partial charge in [0.15, 0.2) is 0 Å². The lowest BCUT2D eigenvalue weighted by atomic mass is 9.90. The first-order chi connectivity index (χ1) is 12.1. The Morgan fingerprint density at radius 1 is 1.16 bits per heavy atom. The third-order valence-electron chi connectivity index (χ3n) is 4.97. The SMILES string of the molecule is Cc1nnc(N2CCC[C@]3(CN(Cc4ccc(F)cc4)CCO3)C2)o1. The zero-order valence-electron chi connectivity index (χ0n) is 14.4. The number of halogens is 1. The molecule has 1 aromatic carbocycles. The van der Waals surface area contributed by atoms with Gasteiger partial charge in [-0.05, 0) is 30.5 Å². The summed E-state index contributed by atoms with van der Waals surface area (Å²) < 4.78 is 24.9. The molecule has 2 aliphatic rings. The highest BCUT2D eigenvalue weighted by Gasteiger charge is 2.41. The minimum Gasteiger partial charge on any atom is -0.408 e. The van der Waals surface area contributed by atoms with E-state index < -0.39 is 0 Å². The molecule has 0 unspecified atom stereocenters. The largest absolute Gasteiger partial charge is 0.408 e. The second kappa shape index (κ2) is 6.72. The first-order valence-electron chi connectivity index (χ1n) is 8.78. The van der Waals surface area contributed by atoms with Crippen LogP contribution in [-0.2, 0) is 11.3 Å². The van der Waals surface area contributed by atoms with E-state index in [9.17, 15) is 4.39 Å². The van der Waals surface area contributed by atoms with Crippen LogP contribution in [0.3, 0.4) is 0 Å². The molecule has 0 bridgehead atoms. The minimum atomic E-state index is -0.209. The second-order valence-electron chi connectivity index (χ2n) is 7.00. The molecule has 0 N–H and O–H groups in total. The predicted molar refractivity (Wildman–Crippen MR) is 90.8 cm³/mol. The number of hydrogen-bond donors (Lipinski definition) is 0. The fourth-order valence-corrected chi connectivity index (χ4v) is 3.83. The lowest BCUT2D eigenvalue weighted by molar-refractivity contribution is -0.116. The Hall–Kier alpha value is -1.99. The molecular formula is C18H23FN4O2. The van der Waals surface area contributed by atoms with Crippen molar-refractivity contribution in [3.8, 4) is 0 Å². The van der Waals surface area contributed by atoms with Gasteiger partial charge in [-0.3, -0.25) is 4.90 Å². The molecule has 1 aromatic heterocycles. The number of benzene rings is 1. The molecule has 2 saturated heterocycles. The number of aryl methyl sites for hydroxylation is 1. The van der Waals surface area contributed by atoms with Gasteiger partial charge in [-0.2, -0.15) is 0 Å². The van der Waals surface area contributed by atoms with E-state index in [0.29, 0.717) is 18.5 Å². The van der Waals surface area contributed by atoms with Crippen molar-refractivity contribution >= 4 is 6.01 Å². The lowest BCUT2D eigenvalue weighted by Crippen LogP contribution is -2.59. The van der Waals surface area contributed by atoms with Gasteiger partial charge in [0.05, 0.1) is 18.8 Å². The normalized spacial score (nSPS) is 24.8. The van der Waals surface area contributed by atoms with Gasteiger partial charge < -0.3 is 14.1 Å². The summed E-state index contributed by atoms with van der Waals surface area (Å²) in [5.74, 6) is 0.386. The van der Waals surface area contributed by atoms with E-state index in [-0.39, 0.29) is 11.4 Å². The van der Waals surface area contributed by atoms with Gasteiger partial charge in [0.25, 0.3) is 0 Å². The summed E-state index contributed by atoms with van der Waals surface area (Å²) in [5.41, 5.74) is 0.914. The molecular weight excluding hydrogens is 323 g/mol. The number of rotatable bonds is 3. The van der Waals surface area contributed by atoms with Gasteiger partial charge in [-0.1, -0.05) is 17.2 Å². The third kappa shape index (κ3) is 3.67. The van der Waals surface area contributed by atoms with Gasteiger partial charge in [-0.25, -0.2) is 4.39 Å². The number of piperidine rings is 1. The van der Waals surface area contributed by atoms with Crippen molar-refractivity contribution in [1.29, 1.82) is 0 Å². The van der Waals surface area contributed by atoms with Crippen LogP contribution < -0.4 is 4.90 Å². The summed E-state index contributed by atoms with van der Waals surface area (Å²) in [6.45, 7) is 6.73. The number of ether oxygens (including phenoxy) is 1. The van der Waals surface area contributed by atoms with Crippen LogP contribution in [0.4, 0.5) is 10.4 Å². The molecule has 7 heteroatoms. The molecule has 1 atom stereocenters. The van der Waals surface area contributed by atoms with E-state index in [0.717, 1.165) is 51.1 Å². The molecule has 4 rings (SSSR count). The molecule has 2 fully saturated rings. The molecule has 25 heavy (non-hydrogen) atoms. The monoisotopic (exact) mass is 346 g/mol. The smallest absolute Gasteiger partial charge is 0.318 e. The highest BCUT2D eigenvalue weighted by Crippen LogP contribution is 2.31. The van der Waals surface area contributed by atoms with E-state index in [1.54, 1.807) is 6.92 Å². The van der Waals surface area contributed by atoms with Crippen LogP contribution in [0.25, 0.3) is 0 Å². The van der Waals surface area contributed by atoms with Crippen molar-refractivity contribution in [2.24, 2.45) is 0 Å². The van der Waals surface area contributed by atoms with Crippen molar-refractivity contribution in [3.63, 3.8) is 0 Å². The zero-order valence-corrected chi connectivity index (χ0v) is 14.4.